The monoisotopic (exact) mass is 383 g/mol. The average Bonchev–Trinajstić information content (AvgIpc) is 3.15. The van der Waals surface area contributed by atoms with Crippen molar-refractivity contribution < 1.29 is 27.4 Å². The van der Waals surface area contributed by atoms with Gasteiger partial charge in [0.05, 0.1) is 24.2 Å². The topological polar surface area (TPSA) is 65.4 Å². The van der Waals surface area contributed by atoms with Gasteiger partial charge >= 0.3 is 6.18 Å². The number of amides is 1. The molecule has 0 unspecified atom stereocenters. The third kappa shape index (κ3) is 3.68. The van der Waals surface area contributed by atoms with Gasteiger partial charge in [0.2, 0.25) is 11.7 Å². The van der Waals surface area contributed by atoms with Gasteiger partial charge in [-0.1, -0.05) is 12.8 Å². The molecular formula is C18H20F3N3O3. The third-order valence-corrected chi connectivity index (χ3v) is 4.89. The lowest BCUT2D eigenvalue weighted by molar-refractivity contribution is -0.147. The molecule has 6 nitrogen and oxygen atoms in total. The standard InChI is InChI=1S/C18H20F3N3O3/c19-18(20,21)17-23-12-8-14-15(27-7-3-6-26-14)9-13(12)24(17)10-16(25)22-11-4-1-2-5-11/h8-9,11H,1-7,10H2,(H,22,25). The average molecular weight is 383 g/mol. The molecule has 4 rings (SSSR count). The minimum absolute atomic E-state index is 0.0367. The molecule has 0 spiro atoms. The van der Waals surface area contributed by atoms with Crippen LogP contribution < -0.4 is 14.8 Å². The number of halogens is 3. The Morgan fingerprint density at radius 2 is 1.81 bits per heavy atom. The van der Waals surface area contributed by atoms with Crippen LogP contribution in [0.1, 0.15) is 37.9 Å². The molecule has 1 aromatic heterocycles. The summed E-state index contributed by atoms with van der Waals surface area (Å²) >= 11 is 0. The molecule has 1 saturated carbocycles. The highest BCUT2D eigenvalue weighted by Gasteiger charge is 2.38. The zero-order chi connectivity index (χ0) is 19.0. The molecule has 1 amide bonds. The quantitative estimate of drug-likeness (QED) is 0.884. The fourth-order valence-electron chi connectivity index (χ4n) is 3.65. The van der Waals surface area contributed by atoms with Crippen LogP contribution in [0.3, 0.4) is 0 Å². The number of nitrogens with zero attached hydrogens (tertiary/aromatic N) is 2. The second kappa shape index (κ2) is 6.94. The van der Waals surface area contributed by atoms with Crippen molar-refractivity contribution in [3.8, 4) is 11.5 Å². The molecule has 2 aromatic rings. The predicted molar refractivity (Wildman–Crippen MR) is 90.7 cm³/mol. The molecule has 1 aromatic carbocycles. The van der Waals surface area contributed by atoms with E-state index in [4.69, 9.17) is 9.47 Å². The maximum absolute atomic E-state index is 13.5. The number of nitrogens with one attached hydrogen (secondary N) is 1. The number of carbonyl (C=O) groups is 1. The van der Waals surface area contributed by atoms with Gasteiger partial charge in [-0.25, -0.2) is 4.98 Å². The van der Waals surface area contributed by atoms with Crippen LogP contribution in [-0.4, -0.2) is 34.7 Å². The number of imidazole rings is 1. The van der Waals surface area contributed by atoms with Crippen LogP contribution in [0.4, 0.5) is 13.2 Å². The van der Waals surface area contributed by atoms with Gasteiger partial charge < -0.3 is 19.4 Å². The Morgan fingerprint density at radius 3 is 2.48 bits per heavy atom. The Balaban J connectivity index is 1.71. The molecule has 2 heterocycles. The Hall–Kier alpha value is -2.45. The Bertz CT molecular complexity index is 857. The number of fused-ring (bicyclic) bond motifs is 2. The molecule has 0 atom stereocenters. The van der Waals surface area contributed by atoms with Crippen LogP contribution in [0.5, 0.6) is 11.5 Å². The van der Waals surface area contributed by atoms with E-state index in [1.54, 1.807) is 0 Å². The zero-order valence-electron chi connectivity index (χ0n) is 14.6. The van der Waals surface area contributed by atoms with Gasteiger partial charge in [0.15, 0.2) is 11.5 Å². The highest BCUT2D eigenvalue weighted by molar-refractivity contribution is 5.84. The van der Waals surface area contributed by atoms with Crippen LogP contribution in [0.15, 0.2) is 12.1 Å². The maximum Gasteiger partial charge on any atom is 0.449 e. The Labute approximate surface area is 153 Å². The second-order valence-electron chi connectivity index (χ2n) is 6.91. The first-order valence-electron chi connectivity index (χ1n) is 9.08. The van der Waals surface area contributed by atoms with Crippen molar-refractivity contribution in [2.24, 2.45) is 0 Å². The van der Waals surface area contributed by atoms with Crippen LogP contribution >= 0.6 is 0 Å². The fraction of sp³-hybridized carbons (Fsp3) is 0.556. The minimum atomic E-state index is -4.67. The predicted octanol–water partition coefficient (Wildman–Crippen LogP) is 3.28. The van der Waals surface area contributed by atoms with Crippen LogP contribution in [0, 0.1) is 0 Å². The van der Waals surface area contributed by atoms with Crippen molar-refractivity contribution in [3.63, 3.8) is 0 Å². The van der Waals surface area contributed by atoms with Crippen LogP contribution in [-0.2, 0) is 17.5 Å². The van der Waals surface area contributed by atoms with Crippen molar-refractivity contribution in [2.45, 2.75) is 50.9 Å². The largest absolute Gasteiger partial charge is 0.489 e. The summed E-state index contributed by atoms with van der Waals surface area (Å²) in [6.07, 6.45) is -0.218. The van der Waals surface area contributed by atoms with Crippen LogP contribution in [0.25, 0.3) is 11.0 Å². The summed E-state index contributed by atoms with van der Waals surface area (Å²) in [4.78, 5) is 16.1. The van der Waals surface area contributed by atoms with Crippen molar-refractivity contribution in [1.82, 2.24) is 14.9 Å². The second-order valence-corrected chi connectivity index (χ2v) is 6.91. The number of ether oxygens (including phenoxy) is 2. The molecule has 1 fully saturated rings. The van der Waals surface area contributed by atoms with Crippen molar-refractivity contribution in [2.75, 3.05) is 13.2 Å². The van der Waals surface area contributed by atoms with Gasteiger partial charge in [-0.3, -0.25) is 4.79 Å². The van der Waals surface area contributed by atoms with E-state index in [-0.39, 0.29) is 17.1 Å². The van der Waals surface area contributed by atoms with Crippen molar-refractivity contribution in [1.29, 1.82) is 0 Å². The molecule has 1 aliphatic carbocycles. The smallest absolute Gasteiger partial charge is 0.449 e. The number of alkyl halides is 3. The molecular weight excluding hydrogens is 363 g/mol. The van der Waals surface area contributed by atoms with E-state index in [0.717, 1.165) is 30.3 Å². The summed E-state index contributed by atoms with van der Waals surface area (Å²) in [5, 5.41) is 2.82. The molecule has 2 aliphatic rings. The van der Waals surface area contributed by atoms with Gasteiger partial charge in [-0.05, 0) is 12.8 Å². The number of hydrogen-bond acceptors (Lipinski definition) is 4. The molecule has 9 heteroatoms. The highest BCUT2D eigenvalue weighted by Crippen LogP contribution is 2.37. The third-order valence-electron chi connectivity index (χ3n) is 4.89. The van der Waals surface area contributed by atoms with E-state index < -0.39 is 24.5 Å². The van der Waals surface area contributed by atoms with E-state index in [2.05, 4.69) is 10.3 Å². The number of aromatic nitrogens is 2. The number of rotatable bonds is 3. The maximum atomic E-state index is 13.5. The normalized spacial score (nSPS) is 17.9. The van der Waals surface area contributed by atoms with E-state index >= 15 is 0 Å². The lowest BCUT2D eigenvalue weighted by atomic mass is 10.2. The molecule has 146 valence electrons. The SMILES string of the molecule is O=C(Cn1c(C(F)(F)F)nc2cc3c(cc21)OCCCO3)NC1CCCC1. The zero-order valence-corrected chi connectivity index (χ0v) is 14.6. The fourth-order valence-corrected chi connectivity index (χ4v) is 3.65. The first-order valence-corrected chi connectivity index (χ1v) is 9.08. The van der Waals surface area contributed by atoms with E-state index in [1.165, 1.54) is 12.1 Å². The summed E-state index contributed by atoms with van der Waals surface area (Å²) in [5.74, 6) is -0.808. The Kier molecular flexibility index (Phi) is 4.61. The van der Waals surface area contributed by atoms with Gasteiger partial charge in [0, 0.05) is 24.6 Å². The summed E-state index contributed by atoms with van der Waals surface area (Å²) in [7, 11) is 0. The minimum Gasteiger partial charge on any atom is -0.489 e. The summed E-state index contributed by atoms with van der Waals surface area (Å²) < 4.78 is 52.5. The first-order chi connectivity index (χ1) is 12.9. The number of carbonyl (C=O) groups excluding carboxylic acids is 1. The van der Waals surface area contributed by atoms with Gasteiger partial charge in [0.1, 0.15) is 6.54 Å². The molecule has 1 N–H and O–H groups in total. The highest BCUT2D eigenvalue weighted by atomic mass is 19.4. The van der Waals surface area contributed by atoms with E-state index in [0.29, 0.717) is 31.1 Å². The molecule has 0 radical (unpaired) electrons. The molecule has 27 heavy (non-hydrogen) atoms. The number of benzene rings is 1. The van der Waals surface area contributed by atoms with Gasteiger partial charge in [0.25, 0.3) is 0 Å². The molecule has 0 saturated heterocycles. The van der Waals surface area contributed by atoms with Crippen LogP contribution in [0.2, 0.25) is 0 Å². The van der Waals surface area contributed by atoms with E-state index in [1.807, 2.05) is 0 Å². The summed E-state index contributed by atoms with van der Waals surface area (Å²) in [6, 6.07) is 2.95. The van der Waals surface area contributed by atoms with Crippen molar-refractivity contribution >= 4 is 16.9 Å². The Morgan fingerprint density at radius 1 is 1.15 bits per heavy atom. The van der Waals surface area contributed by atoms with E-state index in [9.17, 15) is 18.0 Å². The summed E-state index contributed by atoms with van der Waals surface area (Å²) in [6.45, 7) is 0.400. The van der Waals surface area contributed by atoms with Gasteiger partial charge in [-0.15, -0.1) is 0 Å². The van der Waals surface area contributed by atoms with Gasteiger partial charge in [-0.2, -0.15) is 13.2 Å². The molecule has 1 aliphatic heterocycles. The summed E-state index contributed by atoms with van der Waals surface area (Å²) in [5.41, 5.74) is 0.327. The number of hydrogen-bond donors (Lipinski definition) is 1. The molecule has 0 bridgehead atoms. The lowest BCUT2D eigenvalue weighted by Gasteiger charge is -2.15. The first kappa shape index (κ1) is 17.9. The van der Waals surface area contributed by atoms with Crippen molar-refractivity contribution in [3.05, 3.63) is 18.0 Å². The lowest BCUT2D eigenvalue weighted by Crippen LogP contribution is -2.36.